The van der Waals surface area contributed by atoms with Crippen molar-refractivity contribution in [3.8, 4) is 0 Å². The molecular formula is C17H19N5O2. The molecule has 1 aromatic heterocycles. The van der Waals surface area contributed by atoms with E-state index in [2.05, 4.69) is 25.9 Å². The molecule has 0 fully saturated rings. The molecule has 2 amide bonds. The first kappa shape index (κ1) is 17.1. The molecule has 0 radical (unpaired) electrons. The van der Waals surface area contributed by atoms with Gasteiger partial charge in [-0.25, -0.2) is 4.98 Å². The first-order valence-electron chi connectivity index (χ1n) is 7.47. The summed E-state index contributed by atoms with van der Waals surface area (Å²) in [5.74, 6) is 0.337. The molecule has 0 unspecified atom stereocenters. The Bertz CT molecular complexity index is 699. The fraction of sp³-hybridized carbons (Fsp3) is 0.176. The topological polar surface area (TPSA) is 96.0 Å². The van der Waals surface area contributed by atoms with Crippen LogP contribution in [-0.4, -0.2) is 41.9 Å². The highest BCUT2D eigenvalue weighted by molar-refractivity contribution is 5.94. The molecule has 24 heavy (non-hydrogen) atoms. The van der Waals surface area contributed by atoms with E-state index in [-0.39, 0.29) is 11.8 Å². The SMILES string of the molecule is CNC(=O)c1ccc(C=CC(=O)NCCNc2cnccn2)cc1. The van der Waals surface area contributed by atoms with Gasteiger partial charge in [-0.3, -0.25) is 14.6 Å². The number of nitrogens with one attached hydrogen (secondary N) is 3. The van der Waals surface area contributed by atoms with E-state index in [0.29, 0.717) is 24.5 Å². The Kier molecular flexibility index (Phi) is 6.46. The van der Waals surface area contributed by atoms with Gasteiger partial charge in [0, 0.05) is 44.2 Å². The van der Waals surface area contributed by atoms with Gasteiger partial charge in [0.25, 0.3) is 5.91 Å². The molecule has 1 aromatic carbocycles. The minimum absolute atomic E-state index is 0.140. The lowest BCUT2D eigenvalue weighted by Gasteiger charge is -2.05. The van der Waals surface area contributed by atoms with Crippen LogP contribution in [0.15, 0.2) is 48.9 Å². The smallest absolute Gasteiger partial charge is 0.251 e. The van der Waals surface area contributed by atoms with Crippen molar-refractivity contribution in [1.82, 2.24) is 20.6 Å². The Morgan fingerprint density at radius 3 is 2.58 bits per heavy atom. The Hall–Kier alpha value is -3.22. The van der Waals surface area contributed by atoms with E-state index in [0.717, 1.165) is 5.56 Å². The summed E-state index contributed by atoms with van der Waals surface area (Å²) in [6, 6.07) is 6.98. The molecule has 7 nitrogen and oxygen atoms in total. The minimum atomic E-state index is -0.189. The van der Waals surface area contributed by atoms with Crippen LogP contribution in [0.25, 0.3) is 6.08 Å². The minimum Gasteiger partial charge on any atom is -0.367 e. The number of amides is 2. The zero-order valence-corrected chi connectivity index (χ0v) is 13.3. The van der Waals surface area contributed by atoms with Gasteiger partial charge in [0.2, 0.25) is 5.91 Å². The number of nitrogens with zero attached hydrogens (tertiary/aromatic N) is 2. The standard InChI is InChI=1S/C17H19N5O2/c1-18-17(24)14-5-2-13(3-6-14)4-7-16(23)22-11-10-21-15-12-19-8-9-20-15/h2-9,12H,10-11H2,1H3,(H,18,24)(H,20,21)(H,22,23). The summed E-state index contributed by atoms with van der Waals surface area (Å²) >= 11 is 0. The van der Waals surface area contributed by atoms with E-state index >= 15 is 0 Å². The molecule has 0 aliphatic carbocycles. The number of benzene rings is 1. The van der Waals surface area contributed by atoms with Crippen LogP contribution >= 0.6 is 0 Å². The van der Waals surface area contributed by atoms with Crippen molar-refractivity contribution in [3.63, 3.8) is 0 Å². The quantitative estimate of drug-likeness (QED) is 0.523. The predicted molar refractivity (Wildman–Crippen MR) is 92.4 cm³/mol. The highest BCUT2D eigenvalue weighted by atomic mass is 16.2. The van der Waals surface area contributed by atoms with Gasteiger partial charge < -0.3 is 16.0 Å². The number of hydrogen-bond acceptors (Lipinski definition) is 5. The van der Waals surface area contributed by atoms with Gasteiger partial charge in [-0.05, 0) is 23.8 Å². The van der Waals surface area contributed by atoms with E-state index in [1.807, 2.05) is 0 Å². The number of aromatic nitrogens is 2. The summed E-state index contributed by atoms with van der Waals surface area (Å²) in [4.78, 5) is 31.2. The molecule has 124 valence electrons. The lowest BCUT2D eigenvalue weighted by atomic mass is 10.1. The van der Waals surface area contributed by atoms with Crippen LogP contribution in [-0.2, 0) is 4.79 Å². The van der Waals surface area contributed by atoms with Crippen molar-refractivity contribution >= 4 is 23.7 Å². The van der Waals surface area contributed by atoms with Crippen molar-refractivity contribution in [1.29, 1.82) is 0 Å². The van der Waals surface area contributed by atoms with Crippen LogP contribution in [0.1, 0.15) is 15.9 Å². The number of anilines is 1. The molecule has 2 aromatic rings. The Balaban J connectivity index is 1.73. The van der Waals surface area contributed by atoms with E-state index < -0.39 is 0 Å². The third kappa shape index (κ3) is 5.53. The van der Waals surface area contributed by atoms with Crippen LogP contribution in [0.5, 0.6) is 0 Å². The molecule has 3 N–H and O–H groups in total. The monoisotopic (exact) mass is 325 g/mol. The highest BCUT2D eigenvalue weighted by Crippen LogP contribution is 2.06. The number of hydrogen-bond donors (Lipinski definition) is 3. The predicted octanol–water partition coefficient (Wildman–Crippen LogP) is 1.08. The van der Waals surface area contributed by atoms with Crippen LogP contribution in [0.2, 0.25) is 0 Å². The first-order valence-corrected chi connectivity index (χ1v) is 7.47. The summed E-state index contributed by atoms with van der Waals surface area (Å²) in [5.41, 5.74) is 1.42. The summed E-state index contributed by atoms with van der Waals surface area (Å²) in [7, 11) is 1.58. The number of carbonyl (C=O) groups excluding carboxylic acids is 2. The molecular weight excluding hydrogens is 306 g/mol. The van der Waals surface area contributed by atoms with E-state index in [4.69, 9.17) is 0 Å². The molecule has 0 atom stereocenters. The highest BCUT2D eigenvalue weighted by Gasteiger charge is 2.01. The van der Waals surface area contributed by atoms with E-state index in [1.165, 1.54) is 6.08 Å². The first-order chi connectivity index (χ1) is 11.7. The Labute approximate surface area is 140 Å². The summed E-state index contributed by atoms with van der Waals surface area (Å²) < 4.78 is 0. The van der Waals surface area contributed by atoms with Gasteiger partial charge in [0.15, 0.2) is 0 Å². The molecule has 2 rings (SSSR count). The average Bonchev–Trinajstić information content (AvgIpc) is 2.64. The largest absolute Gasteiger partial charge is 0.367 e. The summed E-state index contributed by atoms with van der Waals surface area (Å²) in [5, 5.41) is 8.36. The fourth-order valence-corrected chi connectivity index (χ4v) is 1.89. The zero-order valence-electron chi connectivity index (χ0n) is 13.3. The molecule has 0 saturated heterocycles. The fourth-order valence-electron chi connectivity index (χ4n) is 1.89. The second kappa shape index (κ2) is 9.04. The zero-order chi connectivity index (χ0) is 17.2. The molecule has 7 heteroatoms. The lowest BCUT2D eigenvalue weighted by molar-refractivity contribution is -0.116. The number of carbonyl (C=O) groups is 2. The average molecular weight is 325 g/mol. The van der Waals surface area contributed by atoms with E-state index in [9.17, 15) is 9.59 Å². The summed E-state index contributed by atoms with van der Waals surface area (Å²) in [6.45, 7) is 1.02. The van der Waals surface area contributed by atoms with Crippen LogP contribution < -0.4 is 16.0 Å². The second-order valence-electron chi connectivity index (χ2n) is 4.84. The molecule has 0 aliphatic rings. The molecule has 1 heterocycles. The van der Waals surface area contributed by atoms with Crippen molar-refractivity contribution in [2.45, 2.75) is 0 Å². The van der Waals surface area contributed by atoms with Gasteiger partial charge >= 0.3 is 0 Å². The third-order valence-electron chi connectivity index (χ3n) is 3.12. The van der Waals surface area contributed by atoms with Crippen LogP contribution in [0.4, 0.5) is 5.82 Å². The van der Waals surface area contributed by atoms with Crippen molar-refractivity contribution in [3.05, 3.63) is 60.1 Å². The van der Waals surface area contributed by atoms with Gasteiger partial charge in [-0.2, -0.15) is 0 Å². The molecule has 0 saturated carbocycles. The molecule has 0 bridgehead atoms. The van der Waals surface area contributed by atoms with Gasteiger partial charge in [-0.15, -0.1) is 0 Å². The van der Waals surface area contributed by atoms with Gasteiger partial charge in [0.05, 0.1) is 6.20 Å². The van der Waals surface area contributed by atoms with Gasteiger partial charge in [-0.1, -0.05) is 12.1 Å². The third-order valence-corrected chi connectivity index (χ3v) is 3.12. The molecule has 0 spiro atoms. The maximum absolute atomic E-state index is 11.7. The second-order valence-corrected chi connectivity index (χ2v) is 4.84. The maximum atomic E-state index is 11.7. The number of rotatable bonds is 7. The van der Waals surface area contributed by atoms with E-state index in [1.54, 1.807) is 56.0 Å². The van der Waals surface area contributed by atoms with Crippen molar-refractivity contribution in [2.75, 3.05) is 25.5 Å². The van der Waals surface area contributed by atoms with Crippen LogP contribution in [0.3, 0.4) is 0 Å². The normalized spacial score (nSPS) is 10.4. The maximum Gasteiger partial charge on any atom is 0.251 e. The Morgan fingerprint density at radius 2 is 1.92 bits per heavy atom. The summed E-state index contributed by atoms with van der Waals surface area (Å²) in [6.07, 6.45) is 7.96. The van der Waals surface area contributed by atoms with Gasteiger partial charge in [0.1, 0.15) is 5.82 Å². The van der Waals surface area contributed by atoms with Crippen molar-refractivity contribution < 1.29 is 9.59 Å². The molecule has 0 aliphatic heterocycles. The van der Waals surface area contributed by atoms with Crippen molar-refractivity contribution in [2.24, 2.45) is 0 Å². The lowest BCUT2D eigenvalue weighted by Crippen LogP contribution is -2.27. The Morgan fingerprint density at radius 1 is 1.12 bits per heavy atom. The van der Waals surface area contributed by atoms with Crippen LogP contribution in [0, 0.1) is 0 Å².